The van der Waals surface area contributed by atoms with E-state index in [1.165, 1.54) is 38.8 Å². The second-order valence-electron chi connectivity index (χ2n) is 5.54. The number of hydrogen-bond acceptors (Lipinski definition) is 4. The van der Waals surface area contributed by atoms with E-state index in [1.54, 1.807) is 6.20 Å². The summed E-state index contributed by atoms with van der Waals surface area (Å²) in [6, 6.07) is 0.694. The van der Waals surface area contributed by atoms with Crippen molar-refractivity contribution in [2.24, 2.45) is 0 Å². The Morgan fingerprint density at radius 1 is 1.16 bits per heavy atom. The summed E-state index contributed by atoms with van der Waals surface area (Å²) in [6.45, 7) is 4.72. The number of aromatic nitrogens is 1. The van der Waals surface area contributed by atoms with Crippen LogP contribution in [0.4, 0.5) is 11.4 Å². The lowest BCUT2D eigenvalue weighted by Crippen LogP contribution is -2.41. The van der Waals surface area contributed by atoms with Gasteiger partial charge in [-0.05, 0) is 48.3 Å². The molecule has 1 aromatic heterocycles. The first kappa shape index (κ1) is 13.2. The molecular formula is C14H21BrN4. The molecule has 0 spiro atoms. The number of pyridine rings is 1. The Kier molecular flexibility index (Phi) is 3.93. The van der Waals surface area contributed by atoms with Gasteiger partial charge in [0.15, 0.2) is 0 Å². The molecule has 2 aliphatic rings. The van der Waals surface area contributed by atoms with Crippen molar-refractivity contribution >= 4 is 27.3 Å². The number of rotatable bonds is 2. The standard InChI is InChI=1S/C14H21BrN4/c15-12-8-17-9-13(16)14(12)19-7-4-11(10-19)18-5-2-1-3-6-18/h8-9,11H,1-7,10,16H2. The molecule has 1 atom stereocenters. The maximum atomic E-state index is 6.08. The molecule has 0 radical (unpaired) electrons. The van der Waals surface area contributed by atoms with Gasteiger partial charge < -0.3 is 10.6 Å². The van der Waals surface area contributed by atoms with Gasteiger partial charge in [0.1, 0.15) is 0 Å². The number of anilines is 2. The molecule has 0 aliphatic carbocycles. The van der Waals surface area contributed by atoms with Gasteiger partial charge in [-0.25, -0.2) is 0 Å². The van der Waals surface area contributed by atoms with Crippen molar-refractivity contribution in [2.75, 3.05) is 36.8 Å². The first-order valence-electron chi connectivity index (χ1n) is 7.13. The minimum Gasteiger partial charge on any atom is -0.396 e. The van der Waals surface area contributed by atoms with Crippen LogP contribution in [0.5, 0.6) is 0 Å². The van der Waals surface area contributed by atoms with E-state index in [9.17, 15) is 0 Å². The van der Waals surface area contributed by atoms with Gasteiger partial charge in [-0.2, -0.15) is 0 Å². The molecule has 0 saturated carbocycles. The summed E-state index contributed by atoms with van der Waals surface area (Å²) >= 11 is 3.58. The summed E-state index contributed by atoms with van der Waals surface area (Å²) < 4.78 is 1.01. The van der Waals surface area contributed by atoms with E-state index in [0.29, 0.717) is 6.04 Å². The molecule has 3 rings (SSSR count). The Balaban J connectivity index is 1.71. The molecule has 0 aromatic carbocycles. The van der Waals surface area contributed by atoms with Crippen LogP contribution in [0.3, 0.4) is 0 Å². The lowest BCUT2D eigenvalue weighted by Gasteiger charge is -2.32. The van der Waals surface area contributed by atoms with E-state index in [4.69, 9.17) is 5.73 Å². The van der Waals surface area contributed by atoms with E-state index in [2.05, 4.69) is 30.7 Å². The number of nitrogens with zero attached hydrogens (tertiary/aromatic N) is 3. The van der Waals surface area contributed by atoms with Crippen LogP contribution >= 0.6 is 15.9 Å². The molecule has 5 heteroatoms. The SMILES string of the molecule is Nc1cncc(Br)c1N1CCC(N2CCCCC2)C1. The van der Waals surface area contributed by atoms with Crippen molar-refractivity contribution in [2.45, 2.75) is 31.7 Å². The van der Waals surface area contributed by atoms with Crippen LogP contribution < -0.4 is 10.6 Å². The van der Waals surface area contributed by atoms with Gasteiger partial charge in [0, 0.05) is 25.3 Å². The highest BCUT2D eigenvalue weighted by Crippen LogP contribution is 2.34. The number of hydrogen-bond donors (Lipinski definition) is 1. The Morgan fingerprint density at radius 3 is 2.68 bits per heavy atom. The van der Waals surface area contributed by atoms with Gasteiger partial charge >= 0.3 is 0 Å². The Bertz CT molecular complexity index is 425. The van der Waals surface area contributed by atoms with Crippen molar-refractivity contribution in [1.82, 2.24) is 9.88 Å². The molecule has 2 aliphatic heterocycles. The second-order valence-corrected chi connectivity index (χ2v) is 6.40. The average molecular weight is 325 g/mol. The van der Waals surface area contributed by atoms with E-state index >= 15 is 0 Å². The summed E-state index contributed by atoms with van der Waals surface area (Å²) in [7, 11) is 0. The van der Waals surface area contributed by atoms with Crippen molar-refractivity contribution in [1.29, 1.82) is 0 Å². The van der Waals surface area contributed by atoms with Crippen LogP contribution in [-0.4, -0.2) is 42.1 Å². The maximum absolute atomic E-state index is 6.08. The topological polar surface area (TPSA) is 45.4 Å². The summed E-state index contributed by atoms with van der Waals surface area (Å²) in [5.41, 5.74) is 7.97. The zero-order chi connectivity index (χ0) is 13.2. The zero-order valence-corrected chi connectivity index (χ0v) is 12.8. The summed E-state index contributed by atoms with van der Waals surface area (Å²) in [5.74, 6) is 0. The normalized spacial score (nSPS) is 24.9. The molecule has 19 heavy (non-hydrogen) atoms. The van der Waals surface area contributed by atoms with E-state index in [-0.39, 0.29) is 0 Å². The molecule has 2 N–H and O–H groups in total. The van der Waals surface area contributed by atoms with Crippen LogP contribution in [0.15, 0.2) is 16.9 Å². The highest BCUT2D eigenvalue weighted by atomic mass is 79.9. The van der Waals surface area contributed by atoms with Crippen molar-refractivity contribution in [3.63, 3.8) is 0 Å². The Morgan fingerprint density at radius 2 is 1.95 bits per heavy atom. The average Bonchev–Trinajstić information content (AvgIpc) is 2.89. The summed E-state index contributed by atoms with van der Waals surface area (Å²) in [4.78, 5) is 9.18. The number of halogens is 1. The summed E-state index contributed by atoms with van der Waals surface area (Å²) in [5, 5.41) is 0. The van der Waals surface area contributed by atoms with Crippen LogP contribution in [0, 0.1) is 0 Å². The van der Waals surface area contributed by atoms with Crippen molar-refractivity contribution in [3.8, 4) is 0 Å². The molecule has 1 unspecified atom stereocenters. The summed E-state index contributed by atoms with van der Waals surface area (Å²) in [6.07, 6.45) is 8.94. The fourth-order valence-corrected chi connectivity index (χ4v) is 3.90. The minimum absolute atomic E-state index is 0.694. The third-order valence-corrected chi connectivity index (χ3v) is 4.87. The maximum Gasteiger partial charge on any atom is 0.0776 e. The quantitative estimate of drug-likeness (QED) is 0.907. The molecule has 0 amide bonds. The fraction of sp³-hybridized carbons (Fsp3) is 0.643. The van der Waals surface area contributed by atoms with E-state index in [0.717, 1.165) is 28.9 Å². The van der Waals surface area contributed by atoms with Gasteiger partial charge in [0.2, 0.25) is 0 Å². The van der Waals surface area contributed by atoms with Crippen molar-refractivity contribution < 1.29 is 0 Å². The molecule has 4 nitrogen and oxygen atoms in total. The second kappa shape index (κ2) is 5.67. The highest BCUT2D eigenvalue weighted by Gasteiger charge is 2.30. The van der Waals surface area contributed by atoms with Crippen molar-refractivity contribution in [3.05, 3.63) is 16.9 Å². The van der Waals surface area contributed by atoms with Gasteiger partial charge in [-0.3, -0.25) is 9.88 Å². The van der Waals surface area contributed by atoms with E-state index in [1.807, 2.05) is 6.20 Å². The van der Waals surface area contributed by atoms with Gasteiger partial charge in [-0.1, -0.05) is 6.42 Å². The molecular weight excluding hydrogens is 304 g/mol. The molecule has 3 heterocycles. The van der Waals surface area contributed by atoms with Gasteiger partial charge in [0.25, 0.3) is 0 Å². The number of nitrogen functional groups attached to an aromatic ring is 1. The smallest absolute Gasteiger partial charge is 0.0776 e. The lowest BCUT2D eigenvalue weighted by atomic mass is 10.1. The zero-order valence-electron chi connectivity index (χ0n) is 11.2. The third kappa shape index (κ3) is 2.72. The van der Waals surface area contributed by atoms with Crippen LogP contribution in [0.2, 0.25) is 0 Å². The Labute approximate surface area is 123 Å². The number of nitrogens with two attached hydrogens (primary N) is 1. The first-order valence-corrected chi connectivity index (χ1v) is 7.93. The highest BCUT2D eigenvalue weighted by molar-refractivity contribution is 9.10. The number of likely N-dealkylation sites (tertiary alicyclic amines) is 1. The lowest BCUT2D eigenvalue weighted by molar-refractivity contribution is 0.175. The molecule has 2 saturated heterocycles. The first-order chi connectivity index (χ1) is 9.25. The van der Waals surface area contributed by atoms with Crippen LogP contribution in [0.25, 0.3) is 0 Å². The number of piperidine rings is 1. The molecule has 104 valence electrons. The molecule has 2 fully saturated rings. The van der Waals surface area contributed by atoms with Gasteiger partial charge in [0.05, 0.1) is 22.0 Å². The third-order valence-electron chi connectivity index (χ3n) is 4.29. The largest absolute Gasteiger partial charge is 0.396 e. The van der Waals surface area contributed by atoms with Crippen LogP contribution in [-0.2, 0) is 0 Å². The molecule has 0 bridgehead atoms. The fourth-order valence-electron chi connectivity index (χ4n) is 3.30. The predicted octanol–water partition coefficient (Wildman–Crippen LogP) is 2.49. The van der Waals surface area contributed by atoms with Gasteiger partial charge in [-0.15, -0.1) is 0 Å². The Hall–Kier alpha value is -0.810. The monoisotopic (exact) mass is 324 g/mol. The van der Waals surface area contributed by atoms with Crippen LogP contribution in [0.1, 0.15) is 25.7 Å². The minimum atomic E-state index is 0.694. The predicted molar refractivity (Wildman–Crippen MR) is 82.4 cm³/mol. The van der Waals surface area contributed by atoms with E-state index < -0.39 is 0 Å². The molecule has 1 aromatic rings.